The van der Waals surface area contributed by atoms with Crippen LogP contribution in [0.4, 0.5) is 5.69 Å². The van der Waals surface area contributed by atoms with Gasteiger partial charge in [0.25, 0.3) is 0 Å². The molecule has 0 saturated heterocycles. The number of halogens is 1. The van der Waals surface area contributed by atoms with E-state index in [9.17, 15) is 4.79 Å². The molecule has 0 amide bonds. The highest BCUT2D eigenvalue weighted by Crippen LogP contribution is 2.21. The van der Waals surface area contributed by atoms with Gasteiger partial charge in [-0.2, -0.15) is 0 Å². The van der Waals surface area contributed by atoms with E-state index in [4.69, 9.17) is 16.3 Å². The lowest BCUT2D eigenvalue weighted by Crippen LogP contribution is -2.06. The molecule has 6 heteroatoms. The zero-order chi connectivity index (χ0) is 15.2. The van der Waals surface area contributed by atoms with Gasteiger partial charge in [0.1, 0.15) is 0 Å². The topological polar surface area (TPSA) is 60.5 Å². The Morgan fingerprint density at radius 1 is 1.29 bits per heavy atom. The van der Waals surface area contributed by atoms with Crippen molar-refractivity contribution in [3.63, 3.8) is 0 Å². The first-order valence-electron chi connectivity index (χ1n) is 6.25. The van der Waals surface area contributed by atoms with Crippen molar-refractivity contribution in [2.24, 2.45) is 0 Å². The molecule has 110 valence electrons. The minimum atomic E-state index is -0.469. The molecular weight excluding hydrogens is 292 g/mol. The van der Waals surface area contributed by atoms with E-state index < -0.39 is 5.97 Å². The highest BCUT2D eigenvalue weighted by atomic mass is 35.5. The Balaban J connectivity index is 2.11. The second-order valence-electron chi connectivity index (χ2n) is 4.21. The molecular formula is C15H15ClN2O3. The molecule has 1 N–H and O–H groups in total. The number of pyridine rings is 1. The molecule has 0 aliphatic carbocycles. The van der Waals surface area contributed by atoms with E-state index in [-0.39, 0.29) is 0 Å². The Kier molecular flexibility index (Phi) is 5.00. The van der Waals surface area contributed by atoms with Crippen molar-refractivity contribution in [1.29, 1.82) is 0 Å². The Morgan fingerprint density at radius 2 is 2.10 bits per heavy atom. The average Bonchev–Trinajstić information content (AvgIpc) is 2.53. The minimum Gasteiger partial charge on any atom is -0.481 e. The largest absolute Gasteiger partial charge is 0.481 e. The van der Waals surface area contributed by atoms with E-state index in [0.717, 1.165) is 11.4 Å². The fourth-order valence-electron chi connectivity index (χ4n) is 1.76. The number of carbonyl (C=O) groups is 1. The van der Waals surface area contributed by atoms with Gasteiger partial charge in [-0.1, -0.05) is 17.7 Å². The summed E-state index contributed by atoms with van der Waals surface area (Å²) in [4.78, 5) is 15.9. The highest BCUT2D eigenvalue weighted by Gasteiger charge is 2.11. The minimum absolute atomic E-state index is 0.322. The van der Waals surface area contributed by atoms with Crippen LogP contribution < -0.4 is 10.1 Å². The predicted molar refractivity (Wildman–Crippen MR) is 80.9 cm³/mol. The van der Waals surface area contributed by atoms with Crippen LogP contribution in [0.5, 0.6) is 5.88 Å². The van der Waals surface area contributed by atoms with Gasteiger partial charge >= 0.3 is 5.97 Å². The van der Waals surface area contributed by atoms with Crippen LogP contribution in [0.25, 0.3) is 0 Å². The van der Waals surface area contributed by atoms with Crippen molar-refractivity contribution in [3.05, 3.63) is 52.7 Å². The molecule has 0 aliphatic heterocycles. The van der Waals surface area contributed by atoms with Crippen molar-refractivity contribution in [2.45, 2.75) is 6.54 Å². The van der Waals surface area contributed by atoms with E-state index in [1.807, 2.05) is 12.1 Å². The number of hydrogen-bond acceptors (Lipinski definition) is 5. The number of hydrogen-bond donors (Lipinski definition) is 1. The summed E-state index contributed by atoms with van der Waals surface area (Å²) in [7, 11) is 2.89. The number of ether oxygens (including phenoxy) is 2. The average molecular weight is 307 g/mol. The quantitative estimate of drug-likeness (QED) is 0.860. The molecule has 0 bridgehead atoms. The zero-order valence-electron chi connectivity index (χ0n) is 11.7. The molecule has 0 unspecified atom stereocenters. The van der Waals surface area contributed by atoms with Crippen LogP contribution in [0.2, 0.25) is 5.02 Å². The number of esters is 1. The molecule has 21 heavy (non-hydrogen) atoms. The van der Waals surface area contributed by atoms with E-state index in [1.54, 1.807) is 31.4 Å². The monoisotopic (exact) mass is 306 g/mol. The third kappa shape index (κ3) is 3.86. The lowest BCUT2D eigenvalue weighted by Gasteiger charge is -2.09. The van der Waals surface area contributed by atoms with Gasteiger partial charge in [0.15, 0.2) is 0 Å². The fourth-order valence-corrected chi connectivity index (χ4v) is 1.96. The molecule has 2 aromatic rings. The summed E-state index contributed by atoms with van der Waals surface area (Å²) in [6.07, 6.45) is 0. The summed E-state index contributed by atoms with van der Waals surface area (Å²) >= 11 is 5.97. The summed E-state index contributed by atoms with van der Waals surface area (Å²) < 4.78 is 9.76. The van der Waals surface area contributed by atoms with Gasteiger partial charge in [0, 0.05) is 11.8 Å². The van der Waals surface area contributed by atoms with Crippen LogP contribution in [0.15, 0.2) is 36.4 Å². The molecule has 0 atom stereocenters. The van der Waals surface area contributed by atoms with E-state index in [0.29, 0.717) is 23.0 Å². The highest BCUT2D eigenvalue weighted by molar-refractivity contribution is 6.33. The molecule has 0 saturated carbocycles. The Morgan fingerprint density at radius 3 is 2.81 bits per heavy atom. The van der Waals surface area contributed by atoms with Gasteiger partial charge in [0.2, 0.25) is 5.88 Å². The molecule has 1 heterocycles. The lowest BCUT2D eigenvalue weighted by molar-refractivity contribution is 0.0601. The first kappa shape index (κ1) is 15.1. The molecule has 1 aromatic carbocycles. The predicted octanol–water partition coefficient (Wildman–Crippen LogP) is 3.14. The molecule has 0 aliphatic rings. The van der Waals surface area contributed by atoms with Crippen molar-refractivity contribution < 1.29 is 14.3 Å². The van der Waals surface area contributed by atoms with Crippen molar-refractivity contribution in [3.8, 4) is 5.88 Å². The number of anilines is 1. The maximum Gasteiger partial charge on any atom is 0.339 e. The van der Waals surface area contributed by atoms with E-state index >= 15 is 0 Å². The van der Waals surface area contributed by atoms with Crippen molar-refractivity contribution in [2.75, 3.05) is 19.5 Å². The second-order valence-corrected chi connectivity index (χ2v) is 4.62. The molecule has 0 fully saturated rings. The number of nitrogens with one attached hydrogen (secondary N) is 1. The third-order valence-electron chi connectivity index (χ3n) is 2.84. The van der Waals surface area contributed by atoms with Crippen molar-refractivity contribution in [1.82, 2.24) is 4.98 Å². The van der Waals surface area contributed by atoms with E-state index in [2.05, 4.69) is 15.0 Å². The van der Waals surface area contributed by atoms with Crippen LogP contribution >= 0.6 is 11.6 Å². The number of aromatic nitrogens is 1. The lowest BCUT2D eigenvalue weighted by atomic mass is 10.2. The molecule has 1 aromatic heterocycles. The van der Waals surface area contributed by atoms with Gasteiger partial charge in [-0.3, -0.25) is 0 Å². The van der Waals surface area contributed by atoms with Gasteiger partial charge in [-0.25, -0.2) is 9.78 Å². The third-order valence-corrected chi connectivity index (χ3v) is 3.17. The summed E-state index contributed by atoms with van der Waals surface area (Å²) in [6.45, 7) is 0.499. The maximum absolute atomic E-state index is 11.6. The van der Waals surface area contributed by atoms with Crippen LogP contribution in [0.3, 0.4) is 0 Å². The Labute approximate surface area is 127 Å². The zero-order valence-corrected chi connectivity index (χ0v) is 12.5. The Hall–Kier alpha value is -2.27. The van der Waals surface area contributed by atoms with Gasteiger partial charge in [0.05, 0.1) is 37.0 Å². The summed E-state index contributed by atoms with van der Waals surface area (Å²) in [5.74, 6) is 0.0869. The number of rotatable bonds is 5. The number of carbonyl (C=O) groups excluding carboxylic acids is 1. The molecule has 0 spiro atoms. The van der Waals surface area contributed by atoms with Gasteiger partial charge in [-0.05, 0) is 24.3 Å². The first-order valence-corrected chi connectivity index (χ1v) is 6.63. The SMILES string of the molecule is COC(=O)c1cc(NCc2cccc(OC)n2)ccc1Cl. The molecule has 5 nitrogen and oxygen atoms in total. The summed E-state index contributed by atoms with van der Waals surface area (Å²) in [6, 6.07) is 10.6. The number of methoxy groups -OCH3 is 2. The fraction of sp³-hybridized carbons (Fsp3) is 0.200. The summed E-state index contributed by atoms with van der Waals surface area (Å²) in [5, 5.41) is 3.53. The normalized spacial score (nSPS) is 10.0. The van der Waals surface area contributed by atoms with Crippen molar-refractivity contribution >= 4 is 23.3 Å². The van der Waals surface area contributed by atoms with Crippen LogP contribution in [-0.4, -0.2) is 25.2 Å². The smallest absolute Gasteiger partial charge is 0.339 e. The number of nitrogens with zero attached hydrogens (tertiary/aromatic N) is 1. The van der Waals surface area contributed by atoms with Crippen LogP contribution in [-0.2, 0) is 11.3 Å². The van der Waals surface area contributed by atoms with Gasteiger partial charge in [-0.15, -0.1) is 0 Å². The first-order chi connectivity index (χ1) is 10.1. The van der Waals surface area contributed by atoms with Crippen LogP contribution in [0.1, 0.15) is 16.1 Å². The van der Waals surface area contributed by atoms with E-state index in [1.165, 1.54) is 7.11 Å². The van der Waals surface area contributed by atoms with Gasteiger partial charge < -0.3 is 14.8 Å². The van der Waals surface area contributed by atoms with Crippen LogP contribution in [0, 0.1) is 0 Å². The standard InChI is InChI=1S/C15H15ClN2O3/c1-20-14-5-3-4-11(18-14)9-17-10-6-7-13(16)12(8-10)15(19)21-2/h3-8,17H,9H2,1-2H3. The molecule has 2 rings (SSSR count). The molecule has 0 radical (unpaired) electrons. The Bertz CT molecular complexity index is 647. The maximum atomic E-state index is 11.6. The summed E-state index contributed by atoms with van der Waals surface area (Å²) in [5.41, 5.74) is 1.90. The second kappa shape index (κ2) is 6.95. The number of benzene rings is 1.